The van der Waals surface area contributed by atoms with Crippen molar-refractivity contribution in [2.75, 3.05) is 6.61 Å². The van der Waals surface area contributed by atoms with Gasteiger partial charge in [-0.1, -0.05) is 11.2 Å². The Balaban J connectivity index is 2.14. The quantitative estimate of drug-likeness (QED) is 0.789. The number of hydrogen-bond donors (Lipinski definition) is 1. The minimum absolute atomic E-state index is 0.313. The summed E-state index contributed by atoms with van der Waals surface area (Å²) in [6.45, 7) is 2.66. The van der Waals surface area contributed by atoms with Gasteiger partial charge in [-0.3, -0.25) is 0 Å². The van der Waals surface area contributed by atoms with Crippen molar-refractivity contribution in [1.29, 1.82) is 0 Å². The molecule has 1 heterocycles. The summed E-state index contributed by atoms with van der Waals surface area (Å²) in [4.78, 5) is 10.5. The van der Waals surface area contributed by atoms with Gasteiger partial charge in [-0.15, -0.1) is 0 Å². The number of rotatable bonds is 7. The Morgan fingerprint density at radius 2 is 2.24 bits per heavy atom. The number of carboxylic acid groups (broad SMARTS) is 1. The van der Waals surface area contributed by atoms with Gasteiger partial charge >= 0.3 is 5.97 Å². The average molecular weight is 289 g/mol. The molecule has 0 atom stereocenters. The molecule has 110 valence electrons. The number of benzene rings is 1. The number of ether oxygens (including phenoxy) is 2. The van der Waals surface area contributed by atoms with Crippen molar-refractivity contribution >= 4 is 12.0 Å². The summed E-state index contributed by atoms with van der Waals surface area (Å²) >= 11 is 0. The van der Waals surface area contributed by atoms with Gasteiger partial charge in [0, 0.05) is 11.6 Å². The highest BCUT2D eigenvalue weighted by molar-refractivity contribution is 5.85. The molecular formula is C15H15NO5. The predicted octanol–water partition coefficient (Wildman–Crippen LogP) is 2.75. The molecular weight excluding hydrogens is 274 g/mol. The zero-order valence-electron chi connectivity index (χ0n) is 11.5. The van der Waals surface area contributed by atoms with Crippen LogP contribution >= 0.6 is 0 Å². The molecule has 1 aromatic heterocycles. The lowest BCUT2D eigenvalue weighted by Gasteiger charge is -2.11. The van der Waals surface area contributed by atoms with Crippen LogP contribution in [0.15, 0.2) is 41.3 Å². The number of aromatic nitrogens is 1. The van der Waals surface area contributed by atoms with E-state index >= 15 is 0 Å². The van der Waals surface area contributed by atoms with E-state index in [0.29, 0.717) is 24.7 Å². The summed E-state index contributed by atoms with van der Waals surface area (Å²) < 4.78 is 15.9. The van der Waals surface area contributed by atoms with Gasteiger partial charge in [0.05, 0.1) is 12.8 Å². The third-order valence-electron chi connectivity index (χ3n) is 2.56. The zero-order chi connectivity index (χ0) is 15.1. The first-order valence-electron chi connectivity index (χ1n) is 6.38. The summed E-state index contributed by atoms with van der Waals surface area (Å²) in [5.74, 6) is 0.132. The molecule has 0 saturated carbocycles. The molecule has 0 radical (unpaired) electrons. The lowest BCUT2D eigenvalue weighted by atomic mass is 10.2. The Morgan fingerprint density at radius 3 is 2.90 bits per heavy atom. The maximum Gasteiger partial charge on any atom is 0.328 e. The normalized spacial score (nSPS) is 10.7. The van der Waals surface area contributed by atoms with Crippen LogP contribution in [0.2, 0.25) is 0 Å². The number of hydrogen-bond acceptors (Lipinski definition) is 5. The lowest BCUT2D eigenvalue weighted by molar-refractivity contribution is -0.131. The molecule has 1 aromatic carbocycles. The van der Waals surface area contributed by atoms with Gasteiger partial charge in [-0.05, 0) is 30.7 Å². The molecule has 0 aliphatic rings. The maximum absolute atomic E-state index is 10.5. The Morgan fingerprint density at radius 1 is 1.38 bits per heavy atom. The van der Waals surface area contributed by atoms with Crippen molar-refractivity contribution < 1.29 is 23.9 Å². The first-order valence-corrected chi connectivity index (χ1v) is 6.38. The van der Waals surface area contributed by atoms with E-state index < -0.39 is 5.97 Å². The largest absolute Gasteiger partial charge is 0.490 e. The van der Waals surface area contributed by atoms with Crippen molar-refractivity contribution in [3.8, 4) is 11.5 Å². The molecule has 0 spiro atoms. The number of nitrogens with zero attached hydrogens (tertiary/aromatic N) is 1. The standard InChI is InChI=1S/C15H15NO5/c1-2-19-14-7-11(4-6-15(17)18)3-5-13(14)20-9-12-8-16-21-10-12/h3-8,10H,2,9H2,1H3,(H,17,18)/b6-4+. The van der Waals surface area contributed by atoms with Crippen molar-refractivity contribution in [2.45, 2.75) is 13.5 Å². The van der Waals surface area contributed by atoms with Crippen LogP contribution < -0.4 is 9.47 Å². The second-order valence-electron chi connectivity index (χ2n) is 4.13. The van der Waals surface area contributed by atoms with E-state index in [0.717, 1.165) is 17.2 Å². The van der Waals surface area contributed by atoms with Crippen LogP contribution in [0.5, 0.6) is 11.5 Å². The first kappa shape index (κ1) is 14.6. The van der Waals surface area contributed by atoms with E-state index in [1.807, 2.05) is 6.92 Å². The van der Waals surface area contributed by atoms with Crippen LogP contribution in [-0.2, 0) is 11.4 Å². The molecule has 0 unspecified atom stereocenters. The molecule has 0 amide bonds. The third kappa shape index (κ3) is 4.38. The zero-order valence-corrected chi connectivity index (χ0v) is 11.5. The minimum atomic E-state index is -0.999. The molecule has 0 saturated heterocycles. The van der Waals surface area contributed by atoms with Crippen LogP contribution in [0.25, 0.3) is 6.08 Å². The van der Waals surface area contributed by atoms with Gasteiger partial charge in [-0.25, -0.2) is 4.79 Å². The van der Waals surface area contributed by atoms with Crippen molar-refractivity contribution in [3.63, 3.8) is 0 Å². The van der Waals surface area contributed by atoms with Gasteiger partial charge < -0.3 is 19.1 Å². The van der Waals surface area contributed by atoms with Gasteiger partial charge in [-0.2, -0.15) is 0 Å². The second kappa shape index (κ2) is 7.14. The fourth-order valence-electron chi connectivity index (χ4n) is 1.64. The fourth-order valence-corrected chi connectivity index (χ4v) is 1.64. The minimum Gasteiger partial charge on any atom is -0.490 e. The van der Waals surface area contributed by atoms with Crippen LogP contribution in [0.4, 0.5) is 0 Å². The molecule has 2 rings (SSSR count). The van der Waals surface area contributed by atoms with Gasteiger partial charge in [0.1, 0.15) is 12.9 Å². The molecule has 6 heteroatoms. The summed E-state index contributed by atoms with van der Waals surface area (Å²) in [6, 6.07) is 5.22. The summed E-state index contributed by atoms with van der Waals surface area (Å²) in [6.07, 6.45) is 5.64. The van der Waals surface area contributed by atoms with Crippen molar-refractivity contribution in [2.24, 2.45) is 0 Å². The molecule has 21 heavy (non-hydrogen) atoms. The van der Waals surface area contributed by atoms with E-state index in [2.05, 4.69) is 5.16 Å². The molecule has 0 fully saturated rings. The van der Waals surface area contributed by atoms with E-state index in [-0.39, 0.29) is 0 Å². The third-order valence-corrected chi connectivity index (χ3v) is 2.56. The van der Waals surface area contributed by atoms with Crippen LogP contribution in [0, 0.1) is 0 Å². The maximum atomic E-state index is 10.5. The Hall–Kier alpha value is -2.76. The lowest BCUT2D eigenvalue weighted by Crippen LogP contribution is -1.99. The molecule has 0 aliphatic carbocycles. The SMILES string of the molecule is CCOc1cc(/C=C/C(=O)O)ccc1OCc1cnoc1. The summed E-state index contributed by atoms with van der Waals surface area (Å²) in [7, 11) is 0. The smallest absolute Gasteiger partial charge is 0.328 e. The number of carboxylic acids is 1. The van der Waals surface area contributed by atoms with Crippen LogP contribution in [-0.4, -0.2) is 22.8 Å². The van der Waals surface area contributed by atoms with E-state index in [9.17, 15) is 4.79 Å². The molecule has 2 aromatic rings. The van der Waals surface area contributed by atoms with Crippen molar-refractivity contribution in [3.05, 3.63) is 47.9 Å². The van der Waals surface area contributed by atoms with Crippen LogP contribution in [0.3, 0.4) is 0 Å². The highest BCUT2D eigenvalue weighted by Gasteiger charge is 2.07. The highest BCUT2D eigenvalue weighted by Crippen LogP contribution is 2.29. The molecule has 6 nitrogen and oxygen atoms in total. The predicted molar refractivity (Wildman–Crippen MR) is 75.1 cm³/mol. The highest BCUT2D eigenvalue weighted by atomic mass is 16.5. The van der Waals surface area contributed by atoms with Gasteiger partial charge in [0.15, 0.2) is 11.5 Å². The summed E-state index contributed by atoms with van der Waals surface area (Å²) in [5, 5.41) is 12.2. The van der Waals surface area contributed by atoms with Gasteiger partial charge in [0.2, 0.25) is 0 Å². The molecule has 1 N–H and O–H groups in total. The monoisotopic (exact) mass is 289 g/mol. The topological polar surface area (TPSA) is 81.8 Å². The molecule has 0 aliphatic heterocycles. The van der Waals surface area contributed by atoms with Crippen LogP contribution in [0.1, 0.15) is 18.1 Å². The average Bonchev–Trinajstić information content (AvgIpc) is 2.97. The van der Waals surface area contributed by atoms with Gasteiger partial charge in [0.25, 0.3) is 0 Å². The first-order chi connectivity index (χ1) is 10.2. The number of aliphatic carboxylic acids is 1. The Kier molecular flexibility index (Phi) is 4.98. The second-order valence-corrected chi connectivity index (χ2v) is 4.13. The van der Waals surface area contributed by atoms with E-state index in [1.54, 1.807) is 24.4 Å². The van der Waals surface area contributed by atoms with Crippen molar-refractivity contribution in [1.82, 2.24) is 5.16 Å². The van der Waals surface area contributed by atoms with E-state index in [1.165, 1.54) is 12.3 Å². The Labute approximate surface area is 121 Å². The Bertz CT molecular complexity index is 619. The number of carbonyl (C=O) groups is 1. The van der Waals surface area contributed by atoms with E-state index in [4.69, 9.17) is 19.1 Å². The fraction of sp³-hybridized carbons (Fsp3) is 0.200. The summed E-state index contributed by atoms with van der Waals surface area (Å²) in [5.41, 5.74) is 1.53. The molecule has 0 bridgehead atoms.